The third-order valence-corrected chi connectivity index (χ3v) is 3.01. The van der Waals surface area contributed by atoms with Crippen molar-refractivity contribution in [2.45, 2.75) is 32.9 Å². The number of carbonyl (C=O) groups is 2. The second kappa shape index (κ2) is 4.20. The van der Waals surface area contributed by atoms with E-state index in [0.717, 1.165) is 11.3 Å². The summed E-state index contributed by atoms with van der Waals surface area (Å²) < 4.78 is 0. The Morgan fingerprint density at radius 2 is 1.94 bits per heavy atom. The quantitative estimate of drug-likeness (QED) is 0.791. The minimum Gasteiger partial charge on any atom is -0.343 e. The van der Waals surface area contributed by atoms with Crippen LogP contribution in [0.4, 0.5) is 5.69 Å². The van der Waals surface area contributed by atoms with E-state index in [1.54, 1.807) is 18.7 Å². The number of aryl methyl sites for hydroxylation is 1. The lowest BCUT2D eigenvalue weighted by Gasteiger charge is -2.36. The van der Waals surface area contributed by atoms with Crippen molar-refractivity contribution in [3.8, 4) is 0 Å². The van der Waals surface area contributed by atoms with E-state index in [1.165, 1.54) is 0 Å². The first kappa shape index (κ1) is 11.6. The molecule has 0 bridgehead atoms. The third kappa shape index (κ3) is 2.02. The smallest absolute Gasteiger partial charge is 0.250 e. The maximum Gasteiger partial charge on any atom is 0.250 e. The van der Waals surface area contributed by atoms with E-state index in [-0.39, 0.29) is 11.8 Å². The molecule has 1 aromatic carbocycles. The van der Waals surface area contributed by atoms with Crippen LogP contribution in [0.2, 0.25) is 0 Å². The second-order valence-electron chi connectivity index (χ2n) is 4.45. The van der Waals surface area contributed by atoms with Crippen LogP contribution in [0.5, 0.6) is 0 Å². The molecule has 4 nitrogen and oxygen atoms in total. The number of amides is 2. The standard InChI is InChI=1S/C13H16N2O2/c1-8-5-4-6-11(7-8)15-10(3)12(16)14-9(2)13(15)17/h4-7,9-10H,1-3H3,(H,14,16). The maximum absolute atomic E-state index is 12.1. The molecule has 1 N–H and O–H groups in total. The summed E-state index contributed by atoms with van der Waals surface area (Å²) in [6.45, 7) is 5.41. The van der Waals surface area contributed by atoms with E-state index in [2.05, 4.69) is 5.32 Å². The minimum atomic E-state index is -0.459. The summed E-state index contributed by atoms with van der Waals surface area (Å²) in [4.78, 5) is 25.4. The zero-order valence-corrected chi connectivity index (χ0v) is 10.2. The van der Waals surface area contributed by atoms with Crippen molar-refractivity contribution in [2.24, 2.45) is 0 Å². The summed E-state index contributed by atoms with van der Waals surface area (Å²) in [5, 5.41) is 2.66. The van der Waals surface area contributed by atoms with Crippen LogP contribution in [-0.4, -0.2) is 23.9 Å². The lowest BCUT2D eigenvalue weighted by molar-refractivity contribution is -0.133. The first-order valence-electron chi connectivity index (χ1n) is 5.71. The molecule has 0 aliphatic carbocycles. The number of rotatable bonds is 1. The molecule has 17 heavy (non-hydrogen) atoms. The number of nitrogens with zero attached hydrogens (tertiary/aromatic N) is 1. The largest absolute Gasteiger partial charge is 0.343 e. The molecule has 90 valence electrons. The van der Waals surface area contributed by atoms with Gasteiger partial charge in [0, 0.05) is 5.69 Å². The molecule has 1 aromatic rings. The van der Waals surface area contributed by atoms with E-state index in [9.17, 15) is 9.59 Å². The summed E-state index contributed by atoms with van der Waals surface area (Å²) in [5.41, 5.74) is 1.85. The van der Waals surface area contributed by atoms with E-state index < -0.39 is 12.1 Å². The van der Waals surface area contributed by atoms with E-state index in [4.69, 9.17) is 0 Å². The van der Waals surface area contributed by atoms with Gasteiger partial charge >= 0.3 is 0 Å². The first-order valence-corrected chi connectivity index (χ1v) is 5.71. The molecule has 0 aromatic heterocycles. The first-order chi connectivity index (χ1) is 8.00. The van der Waals surface area contributed by atoms with Crippen LogP contribution in [-0.2, 0) is 9.59 Å². The van der Waals surface area contributed by atoms with Crippen molar-refractivity contribution in [2.75, 3.05) is 4.90 Å². The normalized spacial score (nSPS) is 24.8. The molecule has 0 radical (unpaired) electrons. The van der Waals surface area contributed by atoms with Crippen LogP contribution in [0.25, 0.3) is 0 Å². The van der Waals surface area contributed by atoms with Crippen LogP contribution in [0.1, 0.15) is 19.4 Å². The van der Waals surface area contributed by atoms with Crippen LogP contribution < -0.4 is 10.2 Å². The van der Waals surface area contributed by atoms with Crippen molar-refractivity contribution in [3.63, 3.8) is 0 Å². The van der Waals surface area contributed by atoms with Crippen molar-refractivity contribution < 1.29 is 9.59 Å². The van der Waals surface area contributed by atoms with E-state index in [1.807, 2.05) is 31.2 Å². The van der Waals surface area contributed by atoms with Crippen LogP contribution in [0, 0.1) is 6.92 Å². The van der Waals surface area contributed by atoms with Gasteiger partial charge < -0.3 is 5.32 Å². The van der Waals surface area contributed by atoms with Gasteiger partial charge in [0.1, 0.15) is 12.1 Å². The number of carbonyl (C=O) groups excluding carboxylic acids is 2. The van der Waals surface area contributed by atoms with Gasteiger partial charge in [-0.2, -0.15) is 0 Å². The molecule has 2 rings (SSSR count). The molecule has 0 saturated carbocycles. The molecule has 2 amide bonds. The number of hydrogen-bond acceptors (Lipinski definition) is 2. The van der Waals surface area contributed by atoms with Crippen molar-refractivity contribution >= 4 is 17.5 Å². The number of hydrogen-bond donors (Lipinski definition) is 1. The highest BCUT2D eigenvalue weighted by atomic mass is 16.2. The van der Waals surface area contributed by atoms with Gasteiger partial charge in [0.25, 0.3) is 0 Å². The Balaban J connectivity index is 2.41. The molecule has 1 aliphatic heterocycles. The second-order valence-corrected chi connectivity index (χ2v) is 4.45. The van der Waals surface area contributed by atoms with Gasteiger partial charge in [-0.25, -0.2) is 0 Å². The van der Waals surface area contributed by atoms with Gasteiger partial charge in [0.2, 0.25) is 11.8 Å². The molecule has 2 unspecified atom stereocenters. The fraction of sp³-hybridized carbons (Fsp3) is 0.385. The Morgan fingerprint density at radius 1 is 1.24 bits per heavy atom. The highest BCUT2D eigenvalue weighted by Gasteiger charge is 2.36. The lowest BCUT2D eigenvalue weighted by atomic mass is 10.1. The zero-order chi connectivity index (χ0) is 12.6. The minimum absolute atomic E-state index is 0.0669. The molecule has 1 aliphatic rings. The van der Waals surface area contributed by atoms with Gasteiger partial charge in [-0.3, -0.25) is 14.5 Å². The molecule has 2 atom stereocenters. The van der Waals surface area contributed by atoms with Crippen molar-refractivity contribution in [3.05, 3.63) is 29.8 Å². The predicted octanol–water partition coefficient (Wildman–Crippen LogP) is 1.23. The molecule has 1 saturated heterocycles. The molecule has 0 spiro atoms. The van der Waals surface area contributed by atoms with Crippen LogP contribution in [0.15, 0.2) is 24.3 Å². The SMILES string of the molecule is Cc1cccc(N2C(=O)C(C)NC(=O)C2C)c1. The monoisotopic (exact) mass is 232 g/mol. The Hall–Kier alpha value is -1.84. The van der Waals surface area contributed by atoms with Crippen LogP contribution in [0.3, 0.4) is 0 Å². The molecular weight excluding hydrogens is 216 g/mol. The summed E-state index contributed by atoms with van der Waals surface area (Å²) in [5.74, 6) is -0.179. The van der Waals surface area contributed by atoms with Gasteiger partial charge in [-0.1, -0.05) is 12.1 Å². The number of nitrogens with one attached hydrogen (secondary N) is 1. The average molecular weight is 232 g/mol. The average Bonchev–Trinajstić information content (AvgIpc) is 2.27. The third-order valence-electron chi connectivity index (χ3n) is 3.01. The number of piperazine rings is 1. The molecular formula is C13H16N2O2. The summed E-state index contributed by atoms with van der Waals surface area (Å²) in [6.07, 6.45) is 0. The number of benzene rings is 1. The van der Waals surface area contributed by atoms with Crippen molar-refractivity contribution in [1.29, 1.82) is 0 Å². The zero-order valence-electron chi connectivity index (χ0n) is 10.2. The van der Waals surface area contributed by atoms with Gasteiger partial charge in [-0.05, 0) is 38.5 Å². The predicted molar refractivity (Wildman–Crippen MR) is 65.7 cm³/mol. The summed E-state index contributed by atoms with van der Waals surface area (Å²) in [7, 11) is 0. The van der Waals surface area contributed by atoms with Crippen molar-refractivity contribution in [1.82, 2.24) is 5.32 Å². The topological polar surface area (TPSA) is 49.4 Å². The maximum atomic E-state index is 12.1. The lowest BCUT2D eigenvalue weighted by Crippen LogP contribution is -2.61. The Labute approximate surface area is 101 Å². The molecule has 4 heteroatoms. The highest BCUT2D eigenvalue weighted by molar-refractivity contribution is 6.08. The fourth-order valence-electron chi connectivity index (χ4n) is 2.04. The summed E-state index contributed by atoms with van der Waals surface area (Å²) in [6, 6.07) is 6.71. The van der Waals surface area contributed by atoms with Gasteiger partial charge in [0.15, 0.2) is 0 Å². The van der Waals surface area contributed by atoms with Gasteiger partial charge in [0.05, 0.1) is 0 Å². The van der Waals surface area contributed by atoms with E-state index in [0.29, 0.717) is 0 Å². The highest BCUT2D eigenvalue weighted by Crippen LogP contribution is 2.22. The Morgan fingerprint density at radius 3 is 2.59 bits per heavy atom. The van der Waals surface area contributed by atoms with Crippen LogP contribution >= 0.6 is 0 Å². The Bertz CT molecular complexity index is 470. The number of anilines is 1. The van der Waals surface area contributed by atoms with Gasteiger partial charge in [-0.15, -0.1) is 0 Å². The summed E-state index contributed by atoms with van der Waals surface area (Å²) >= 11 is 0. The molecule has 1 heterocycles. The van der Waals surface area contributed by atoms with E-state index >= 15 is 0 Å². The fourth-order valence-corrected chi connectivity index (χ4v) is 2.04. The molecule has 1 fully saturated rings. The Kier molecular flexibility index (Phi) is 2.88.